The van der Waals surface area contributed by atoms with Gasteiger partial charge in [-0.15, -0.1) is 13.2 Å². The molecule has 0 saturated heterocycles. The topological polar surface area (TPSA) is 73.6 Å². The Morgan fingerprint density at radius 1 is 1.10 bits per heavy atom. The number of carbonyl (C=O) groups is 1. The van der Waals surface area contributed by atoms with E-state index in [1.54, 1.807) is 13.8 Å². The maximum absolute atomic E-state index is 12.3. The van der Waals surface area contributed by atoms with Crippen LogP contribution in [0, 0.1) is 6.92 Å². The molecule has 3 rings (SSSR count). The lowest BCUT2D eigenvalue weighted by atomic mass is 10.1. The normalized spacial score (nSPS) is 12.3. The molecule has 9 heteroatoms. The van der Waals surface area contributed by atoms with Gasteiger partial charge in [0.1, 0.15) is 23.2 Å². The summed E-state index contributed by atoms with van der Waals surface area (Å²) in [5.41, 5.74) is 1.89. The van der Waals surface area contributed by atoms with Gasteiger partial charge < -0.3 is 14.0 Å². The van der Waals surface area contributed by atoms with Crippen molar-refractivity contribution in [3.63, 3.8) is 0 Å². The molecule has 1 heterocycles. The van der Waals surface area contributed by atoms with E-state index in [0.717, 1.165) is 17.7 Å². The highest BCUT2D eigenvalue weighted by Crippen LogP contribution is 2.33. The van der Waals surface area contributed by atoms with Crippen molar-refractivity contribution in [1.29, 1.82) is 0 Å². The van der Waals surface area contributed by atoms with Gasteiger partial charge in [-0.3, -0.25) is 5.32 Å². The van der Waals surface area contributed by atoms with Crippen LogP contribution in [-0.2, 0) is 4.74 Å². The molecule has 0 fully saturated rings. The third kappa shape index (κ3) is 5.28. The van der Waals surface area contributed by atoms with Crippen molar-refractivity contribution >= 4 is 11.8 Å². The average molecular weight is 406 g/mol. The van der Waals surface area contributed by atoms with Crippen molar-refractivity contribution < 1.29 is 32.0 Å². The van der Waals surface area contributed by atoms with Crippen molar-refractivity contribution in [2.75, 3.05) is 5.32 Å². The first-order valence-corrected chi connectivity index (χ1v) is 8.58. The highest BCUT2D eigenvalue weighted by molar-refractivity contribution is 5.90. The summed E-state index contributed by atoms with van der Waals surface area (Å²) in [5, 5.41) is 6.39. The molecule has 29 heavy (non-hydrogen) atoms. The van der Waals surface area contributed by atoms with E-state index >= 15 is 0 Å². The van der Waals surface area contributed by atoms with Crippen molar-refractivity contribution in [1.82, 2.24) is 5.16 Å². The molecule has 0 bridgehead atoms. The van der Waals surface area contributed by atoms with Crippen molar-refractivity contribution in [3.05, 3.63) is 65.9 Å². The van der Waals surface area contributed by atoms with Crippen LogP contribution < -0.4 is 10.1 Å². The molecular weight excluding hydrogens is 389 g/mol. The zero-order valence-electron chi connectivity index (χ0n) is 15.5. The number of halogens is 3. The quantitative estimate of drug-likeness (QED) is 0.575. The lowest BCUT2D eigenvalue weighted by molar-refractivity contribution is -0.274. The molecule has 0 aliphatic carbocycles. The molecule has 1 atom stereocenters. The number of carbonyl (C=O) groups excluding carboxylic acids is 1. The molecule has 0 aliphatic heterocycles. The van der Waals surface area contributed by atoms with E-state index < -0.39 is 18.6 Å². The third-order valence-electron chi connectivity index (χ3n) is 3.99. The molecule has 0 spiro atoms. The zero-order chi connectivity index (χ0) is 21.0. The highest BCUT2D eigenvalue weighted by Gasteiger charge is 2.31. The summed E-state index contributed by atoms with van der Waals surface area (Å²) in [7, 11) is 0. The molecule has 0 aliphatic rings. The van der Waals surface area contributed by atoms with Crippen molar-refractivity contribution in [2.45, 2.75) is 26.3 Å². The molecule has 1 unspecified atom stereocenters. The molecule has 6 nitrogen and oxygen atoms in total. The summed E-state index contributed by atoms with van der Waals surface area (Å²) in [6.07, 6.45) is -5.99. The Balaban J connectivity index is 1.73. The molecule has 1 N–H and O–H groups in total. The van der Waals surface area contributed by atoms with E-state index in [1.165, 1.54) is 12.1 Å². The minimum absolute atomic E-state index is 0.186. The number of anilines is 1. The fourth-order valence-corrected chi connectivity index (χ4v) is 2.61. The maximum atomic E-state index is 12.3. The minimum atomic E-state index is -4.78. The van der Waals surface area contributed by atoms with Gasteiger partial charge in [0, 0.05) is 5.56 Å². The standard InChI is InChI=1S/C20H17F3N2O4/c1-12-17(24-19(26)27-13(2)14-6-4-3-5-7-14)18(29-25-12)15-8-10-16(11-9-15)28-20(21,22)23/h3-11,13H,1-2H3,(H,24,26). The summed E-state index contributed by atoms with van der Waals surface area (Å²) in [5.74, 6) is -0.187. The Labute approximate surface area is 164 Å². The summed E-state index contributed by atoms with van der Waals surface area (Å²) >= 11 is 0. The zero-order valence-corrected chi connectivity index (χ0v) is 15.5. The predicted molar refractivity (Wildman–Crippen MR) is 98.3 cm³/mol. The lowest BCUT2D eigenvalue weighted by Crippen LogP contribution is -2.17. The maximum Gasteiger partial charge on any atom is 0.573 e. The van der Waals surface area contributed by atoms with Crippen LogP contribution in [0.15, 0.2) is 59.1 Å². The van der Waals surface area contributed by atoms with Gasteiger partial charge in [0.15, 0.2) is 5.76 Å². The van der Waals surface area contributed by atoms with E-state index in [1.807, 2.05) is 30.3 Å². The smallest absolute Gasteiger partial charge is 0.441 e. The summed E-state index contributed by atoms with van der Waals surface area (Å²) < 4.78 is 51.3. The van der Waals surface area contributed by atoms with Crippen molar-refractivity contribution in [2.24, 2.45) is 0 Å². The van der Waals surface area contributed by atoms with E-state index in [0.29, 0.717) is 11.3 Å². The first kappa shape index (κ1) is 20.2. The SMILES string of the molecule is Cc1noc(-c2ccc(OC(F)(F)F)cc2)c1NC(=O)OC(C)c1ccccc1. The lowest BCUT2D eigenvalue weighted by Gasteiger charge is -2.14. The molecule has 152 valence electrons. The van der Waals surface area contributed by atoms with Gasteiger partial charge in [-0.05, 0) is 43.7 Å². The second-order valence-electron chi connectivity index (χ2n) is 6.13. The van der Waals surface area contributed by atoms with Crippen LogP contribution in [0.2, 0.25) is 0 Å². The van der Waals surface area contributed by atoms with Crippen LogP contribution in [0.5, 0.6) is 5.75 Å². The number of hydrogen-bond donors (Lipinski definition) is 1. The van der Waals surface area contributed by atoms with Gasteiger partial charge in [-0.2, -0.15) is 0 Å². The van der Waals surface area contributed by atoms with Gasteiger partial charge in [0.2, 0.25) is 0 Å². The summed E-state index contributed by atoms with van der Waals surface area (Å²) in [4.78, 5) is 12.3. The van der Waals surface area contributed by atoms with E-state index in [-0.39, 0.29) is 17.2 Å². The number of benzene rings is 2. The number of amides is 1. The van der Waals surface area contributed by atoms with Gasteiger partial charge in [-0.25, -0.2) is 4.79 Å². The van der Waals surface area contributed by atoms with E-state index in [2.05, 4.69) is 15.2 Å². The first-order valence-electron chi connectivity index (χ1n) is 8.58. The summed E-state index contributed by atoms with van der Waals surface area (Å²) in [6.45, 7) is 3.35. The average Bonchev–Trinajstić information content (AvgIpc) is 3.02. The number of ether oxygens (including phenoxy) is 2. The van der Waals surface area contributed by atoms with Gasteiger partial charge in [-0.1, -0.05) is 35.5 Å². The molecule has 1 aromatic heterocycles. The number of nitrogens with one attached hydrogen (secondary N) is 1. The summed E-state index contributed by atoms with van der Waals surface area (Å²) in [6, 6.07) is 14.2. The van der Waals surface area contributed by atoms with Crippen LogP contribution in [0.1, 0.15) is 24.3 Å². The molecule has 2 aromatic carbocycles. The van der Waals surface area contributed by atoms with Gasteiger partial charge in [0.25, 0.3) is 0 Å². The number of aryl methyl sites for hydroxylation is 1. The Hall–Kier alpha value is -3.49. The minimum Gasteiger partial charge on any atom is -0.441 e. The number of hydrogen-bond acceptors (Lipinski definition) is 5. The Kier molecular flexibility index (Phi) is 5.76. The predicted octanol–water partition coefficient (Wildman–Crippen LogP) is 5.86. The van der Waals surface area contributed by atoms with Crippen LogP contribution in [0.3, 0.4) is 0 Å². The number of rotatable bonds is 5. The molecule has 0 radical (unpaired) electrons. The number of alkyl halides is 3. The Morgan fingerprint density at radius 3 is 2.38 bits per heavy atom. The largest absolute Gasteiger partial charge is 0.573 e. The van der Waals surface area contributed by atoms with Gasteiger partial charge >= 0.3 is 12.5 Å². The van der Waals surface area contributed by atoms with E-state index in [4.69, 9.17) is 9.26 Å². The molecule has 1 amide bonds. The fraction of sp³-hybridized carbons (Fsp3) is 0.200. The second-order valence-corrected chi connectivity index (χ2v) is 6.13. The fourth-order valence-electron chi connectivity index (χ4n) is 2.61. The third-order valence-corrected chi connectivity index (χ3v) is 3.99. The van der Waals surface area contributed by atoms with Crippen LogP contribution >= 0.6 is 0 Å². The Bertz CT molecular complexity index is 970. The first-order chi connectivity index (χ1) is 13.7. The van der Waals surface area contributed by atoms with E-state index in [9.17, 15) is 18.0 Å². The molecule has 0 saturated carbocycles. The van der Waals surface area contributed by atoms with Crippen molar-refractivity contribution in [3.8, 4) is 17.1 Å². The van der Waals surface area contributed by atoms with Crippen LogP contribution in [0.25, 0.3) is 11.3 Å². The van der Waals surface area contributed by atoms with Crippen LogP contribution in [0.4, 0.5) is 23.7 Å². The highest BCUT2D eigenvalue weighted by atomic mass is 19.4. The number of nitrogens with zero attached hydrogens (tertiary/aromatic N) is 1. The second kappa shape index (κ2) is 8.26. The van der Waals surface area contributed by atoms with Crippen LogP contribution in [-0.4, -0.2) is 17.6 Å². The monoisotopic (exact) mass is 406 g/mol. The Morgan fingerprint density at radius 2 is 1.76 bits per heavy atom. The van der Waals surface area contributed by atoms with Gasteiger partial charge in [0.05, 0.1) is 0 Å². The molecule has 3 aromatic rings. The molecular formula is C20H17F3N2O4. The number of aromatic nitrogens is 1.